The molecule has 3 nitrogen and oxygen atoms in total. The first-order chi connectivity index (χ1) is 9.11. The van der Waals surface area contributed by atoms with Crippen molar-refractivity contribution in [2.45, 2.75) is 32.4 Å². The minimum Gasteiger partial charge on any atom is -0.328 e. The molecule has 1 saturated heterocycles. The van der Waals surface area contributed by atoms with Gasteiger partial charge in [-0.05, 0) is 44.8 Å². The number of rotatable bonds is 3. The first-order valence-corrected chi connectivity index (χ1v) is 6.77. The number of nitrogens with zero attached hydrogens (tertiary/aromatic N) is 2. The second kappa shape index (κ2) is 6.14. The van der Waals surface area contributed by atoms with E-state index in [9.17, 15) is 4.39 Å². The van der Waals surface area contributed by atoms with E-state index in [4.69, 9.17) is 11.0 Å². The van der Waals surface area contributed by atoms with Crippen molar-refractivity contribution in [2.75, 3.05) is 13.1 Å². The molecule has 1 heterocycles. The largest absolute Gasteiger partial charge is 0.328 e. The van der Waals surface area contributed by atoms with E-state index < -0.39 is 0 Å². The maximum Gasteiger partial charge on any atom is 0.145 e. The van der Waals surface area contributed by atoms with E-state index in [1.54, 1.807) is 12.1 Å². The molecule has 1 aliphatic rings. The average molecular weight is 261 g/mol. The van der Waals surface area contributed by atoms with Crippen LogP contribution in [0.4, 0.5) is 4.39 Å². The summed E-state index contributed by atoms with van der Waals surface area (Å²) in [6.45, 7) is 4.52. The van der Waals surface area contributed by atoms with Crippen LogP contribution in [0.25, 0.3) is 0 Å². The van der Waals surface area contributed by atoms with Crippen LogP contribution < -0.4 is 5.73 Å². The van der Waals surface area contributed by atoms with Crippen LogP contribution in [0.1, 0.15) is 30.9 Å². The Morgan fingerprint density at radius 2 is 2.16 bits per heavy atom. The molecule has 2 rings (SSSR count). The lowest BCUT2D eigenvalue weighted by molar-refractivity contribution is 0.164. The number of nitrogens with two attached hydrogens (primary N) is 1. The molecule has 0 spiro atoms. The SMILES string of the molecule is CC(N)C1CCN(Cc2cccc(C#N)c2F)CC1. The molecular formula is C15H20FN3. The molecule has 0 radical (unpaired) electrons. The summed E-state index contributed by atoms with van der Waals surface area (Å²) in [6, 6.07) is 7.14. The van der Waals surface area contributed by atoms with Crippen molar-refractivity contribution < 1.29 is 4.39 Å². The van der Waals surface area contributed by atoms with Gasteiger partial charge in [-0.2, -0.15) is 5.26 Å². The Hall–Kier alpha value is -1.44. The third kappa shape index (κ3) is 3.31. The second-order valence-electron chi connectivity index (χ2n) is 5.36. The van der Waals surface area contributed by atoms with Crippen molar-refractivity contribution in [1.29, 1.82) is 5.26 Å². The second-order valence-corrected chi connectivity index (χ2v) is 5.36. The molecule has 0 saturated carbocycles. The number of nitriles is 1. The summed E-state index contributed by atoms with van der Waals surface area (Å²) in [5.74, 6) is 0.200. The van der Waals surface area contributed by atoms with Crippen molar-refractivity contribution in [1.82, 2.24) is 4.90 Å². The van der Waals surface area contributed by atoms with E-state index in [-0.39, 0.29) is 17.4 Å². The summed E-state index contributed by atoms with van der Waals surface area (Å²) in [5.41, 5.74) is 6.65. The molecular weight excluding hydrogens is 241 g/mol. The summed E-state index contributed by atoms with van der Waals surface area (Å²) in [7, 11) is 0. The molecule has 4 heteroatoms. The van der Waals surface area contributed by atoms with Gasteiger partial charge in [-0.3, -0.25) is 4.90 Å². The number of halogens is 1. The molecule has 1 fully saturated rings. The van der Waals surface area contributed by atoms with E-state index in [2.05, 4.69) is 11.8 Å². The van der Waals surface area contributed by atoms with Gasteiger partial charge in [0.15, 0.2) is 0 Å². The molecule has 1 aliphatic heterocycles. The van der Waals surface area contributed by atoms with E-state index in [1.807, 2.05) is 6.07 Å². The zero-order valence-corrected chi connectivity index (χ0v) is 11.3. The van der Waals surface area contributed by atoms with Gasteiger partial charge in [-0.15, -0.1) is 0 Å². The summed E-state index contributed by atoms with van der Waals surface area (Å²) < 4.78 is 14.0. The summed E-state index contributed by atoms with van der Waals surface area (Å²) >= 11 is 0. The topological polar surface area (TPSA) is 53.0 Å². The monoisotopic (exact) mass is 261 g/mol. The van der Waals surface area contributed by atoms with Crippen LogP contribution in [0.2, 0.25) is 0 Å². The highest BCUT2D eigenvalue weighted by molar-refractivity contribution is 5.34. The third-order valence-corrected chi connectivity index (χ3v) is 3.97. The van der Waals surface area contributed by atoms with E-state index in [1.165, 1.54) is 6.07 Å². The molecule has 0 amide bonds. The highest BCUT2D eigenvalue weighted by atomic mass is 19.1. The van der Waals surface area contributed by atoms with Crippen LogP contribution in [0.5, 0.6) is 0 Å². The predicted molar refractivity (Wildman–Crippen MR) is 72.8 cm³/mol. The first-order valence-electron chi connectivity index (χ1n) is 6.77. The lowest BCUT2D eigenvalue weighted by Gasteiger charge is -2.33. The van der Waals surface area contributed by atoms with Gasteiger partial charge in [0, 0.05) is 18.2 Å². The lowest BCUT2D eigenvalue weighted by atomic mass is 9.91. The Labute approximate surface area is 113 Å². The minimum absolute atomic E-state index is 0.128. The molecule has 0 bridgehead atoms. The van der Waals surface area contributed by atoms with Gasteiger partial charge in [0.2, 0.25) is 0 Å². The standard InChI is InChI=1S/C15H20FN3/c1-11(18)12-5-7-19(8-6-12)10-14-4-2-3-13(9-17)15(14)16/h2-4,11-12H,5-8,10,18H2,1H3. The Morgan fingerprint density at radius 3 is 2.74 bits per heavy atom. The number of likely N-dealkylation sites (tertiary alicyclic amines) is 1. The van der Waals surface area contributed by atoms with Crippen molar-refractivity contribution in [3.05, 3.63) is 35.1 Å². The van der Waals surface area contributed by atoms with Crippen molar-refractivity contribution in [2.24, 2.45) is 11.7 Å². The molecule has 19 heavy (non-hydrogen) atoms. The Bertz CT molecular complexity index is 471. The minimum atomic E-state index is -0.376. The fraction of sp³-hybridized carbons (Fsp3) is 0.533. The average Bonchev–Trinajstić information content (AvgIpc) is 2.42. The third-order valence-electron chi connectivity index (χ3n) is 3.97. The van der Waals surface area contributed by atoms with Gasteiger partial charge in [0.1, 0.15) is 11.9 Å². The van der Waals surface area contributed by atoms with Crippen LogP contribution >= 0.6 is 0 Å². The molecule has 1 atom stereocenters. The molecule has 2 N–H and O–H groups in total. The Morgan fingerprint density at radius 1 is 1.47 bits per heavy atom. The highest BCUT2D eigenvalue weighted by Crippen LogP contribution is 2.22. The summed E-state index contributed by atoms with van der Waals surface area (Å²) in [6.07, 6.45) is 2.13. The summed E-state index contributed by atoms with van der Waals surface area (Å²) in [4.78, 5) is 2.23. The molecule has 1 aromatic carbocycles. The van der Waals surface area contributed by atoms with Gasteiger partial charge in [0.05, 0.1) is 5.56 Å². The van der Waals surface area contributed by atoms with Crippen LogP contribution in [0, 0.1) is 23.1 Å². The molecule has 1 unspecified atom stereocenters. The Kier molecular flexibility index (Phi) is 4.52. The van der Waals surface area contributed by atoms with Crippen LogP contribution in [-0.2, 0) is 6.54 Å². The zero-order chi connectivity index (χ0) is 13.8. The summed E-state index contributed by atoms with van der Waals surface area (Å²) in [5, 5.41) is 8.83. The van der Waals surface area contributed by atoms with E-state index >= 15 is 0 Å². The van der Waals surface area contributed by atoms with E-state index in [0.717, 1.165) is 25.9 Å². The lowest BCUT2D eigenvalue weighted by Crippen LogP contribution is -2.39. The quantitative estimate of drug-likeness (QED) is 0.908. The maximum atomic E-state index is 14.0. The van der Waals surface area contributed by atoms with Crippen molar-refractivity contribution in [3.63, 3.8) is 0 Å². The van der Waals surface area contributed by atoms with Gasteiger partial charge >= 0.3 is 0 Å². The van der Waals surface area contributed by atoms with Crippen LogP contribution in [0.15, 0.2) is 18.2 Å². The van der Waals surface area contributed by atoms with Crippen molar-refractivity contribution >= 4 is 0 Å². The molecule has 0 aromatic heterocycles. The first kappa shape index (κ1) is 14.0. The van der Waals surface area contributed by atoms with Gasteiger partial charge in [-0.1, -0.05) is 12.1 Å². The molecule has 0 aliphatic carbocycles. The molecule has 102 valence electrons. The van der Waals surface area contributed by atoms with Gasteiger partial charge in [0.25, 0.3) is 0 Å². The fourth-order valence-electron chi connectivity index (χ4n) is 2.67. The maximum absolute atomic E-state index is 14.0. The van der Waals surface area contributed by atoms with E-state index in [0.29, 0.717) is 18.0 Å². The van der Waals surface area contributed by atoms with Crippen LogP contribution in [-0.4, -0.2) is 24.0 Å². The predicted octanol–water partition coefficient (Wildman–Crippen LogP) is 2.26. The fourth-order valence-corrected chi connectivity index (χ4v) is 2.67. The normalized spacial score (nSPS) is 19.1. The number of hydrogen-bond acceptors (Lipinski definition) is 3. The van der Waals surface area contributed by atoms with Crippen LogP contribution in [0.3, 0.4) is 0 Å². The highest BCUT2D eigenvalue weighted by Gasteiger charge is 2.22. The number of hydrogen-bond donors (Lipinski definition) is 1. The Balaban J connectivity index is 1.98. The number of piperidine rings is 1. The zero-order valence-electron chi connectivity index (χ0n) is 11.3. The smallest absolute Gasteiger partial charge is 0.145 e. The van der Waals surface area contributed by atoms with Gasteiger partial charge < -0.3 is 5.73 Å². The molecule has 1 aromatic rings. The van der Waals surface area contributed by atoms with Crippen molar-refractivity contribution in [3.8, 4) is 6.07 Å². The van der Waals surface area contributed by atoms with Gasteiger partial charge in [-0.25, -0.2) is 4.39 Å². The number of benzene rings is 1.